The summed E-state index contributed by atoms with van der Waals surface area (Å²) in [6.07, 6.45) is 0.496. The maximum absolute atomic E-state index is 12.5. The van der Waals surface area contributed by atoms with Gasteiger partial charge in [0.1, 0.15) is 17.1 Å². The summed E-state index contributed by atoms with van der Waals surface area (Å²) in [7, 11) is 1.63. The first-order valence-electron chi connectivity index (χ1n) is 8.66. The third-order valence-corrected chi connectivity index (χ3v) is 4.57. The van der Waals surface area contributed by atoms with Gasteiger partial charge in [0.15, 0.2) is 0 Å². The number of rotatable bonds is 6. The van der Waals surface area contributed by atoms with E-state index in [0.29, 0.717) is 6.42 Å². The highest BCUT2D eigenvalue weighted by Gasteiger charge is 2.21. The van der Waals surface area contributed by atoms with Crippen LogP contribution in [0.15, 0.2) is 52.9 Å². The minimum absolute atomic E-state index is 0. The van der Waals surface area contributed by atoms with Crippen LogP contribution in [0.25, 0.3) is 11.0 Å². The number of fused-ring (bicyclic) bond motifs is 1. The number of amides is 1. The van der Waals surface area contributed by atoms with Gasteiger partial charge in [-0.25, -0.2) is 0 Å². The number of nitrogens with one attached hydrogen (secondary N) is 1. The zero-order valence-corrected chi connectivity index (χ0v) is 16.5. The Labute approximate surface area is 165 Å². The molecule has 3 rings (SSSR count). The molecule has 6 heteroatoms. The van der Waals surface area contributed by atoms with Gasteiger partial charge in [0.05, 0.1) is 19.2 Å². The summed E-state index contributed by atoms with van der Waals surface area (Å²) < 4.78 is 11.2. The summed E-state index contributed by atoms with van der Waals surface area (Å²) in [5.74, 6) is 1.31. The Hall–Kier alpha value is -2.50. The Bertz CT molecular complexity index is 908. The first-order valence-corrected chi connectivity index (χ1v) is 8.66. The van der Waals surface area contributed by atoms with Gasteiger partial charge >= 0.3 is 0 Å². The van der Waals surface area contributed by atoms with Gasteiger partial charge in [-0.1, -0.05) is 30.3 Å². The lowest BCUT2D eigenvalue weighted by molar-refractivity contribution is -0.123. The predicted molar refractivity (Wildman–Crippen MR) is 109 cm³/mol. The van der Waals surface area contributed by atoms with Crippen LogP contribution in [0.1, 0.15) is 29.9 Å². The molecule has 144 valence electrons. The standard InChI is InChI=1S/C21H24N2O3.ClH/c1-13-17-12-16(25-3)9-10-19(17)26-20(13)14(2)23-21(24)18(22)11-15-7-5-4-6-8-15;/h4-10,12,14,18H,11,22H2,1-3H3,(H,23,24);1H/t14?,18-;/m0./s1. The second kappa shape index (κ2) is 8.93. The van der Waals surface area contributed by atoms with Gasteiger partial charge in [-0.05, 0) is 44.0 Å². The van der Waals surface area contributed by atoms with Crippen molar-refractivity contribution in [2.75, 3.05) is 7.11 Å². The average molecular weight is 389 g/mol. The minimum atomic E-state index is -0.607. The lowest BCUT2D eigenvalue weighted by Gasteiger charge is -2.17. The molecule has 2 aromatic carbocycles. The number of benzene rings is 2. The molecule has 3 aromatic rings. The van der Waals surface area contributed by atoms with Gasteiger partial charge in [0.2, 0.25) is 5.91 Å². The average Bonchev–Trinajstić information content (AvgIpc) is 2.98. The Morgan fingerprint density at radius 1 is 1.22 bits per heavy atom. The molecule has 0 aliphatic rings. The zero-order valence-electron chi connectivity index (χ0n) is 15.7. The van der Waals surface area contributed by atoms with E-state index in [-0.39, 0.29) is 24.4 Å². The molecule has 3 N–H and O–H groups in total. The number of methoxy groups -OCH3 is 1. The first kappa shape index (κ1) is 20.8. The van der Waals surface area contributed by atoms with Crippen molar-refractivity contribution >= 4 is 29.3 Å². The Morgan fingerprint density at radius 3 is 2.59 bits per heavy atom. The van der Waals surface area contributed by atoms with Crippen LogP contribution >= 0.6 is 12.4 Å². The zero-order chi connectivity index (χ0) is 18.7. The van der Waals surface area contributed by atoms with Crippen LogP contribution in [-0.2, 0) is 11.2 Å². The fourth-order valence-electron chi connectivity index (χ4n) is 3.11. The Kier molecular flexibility index (Phi) is 6.88. The number of halogens is 1. The number of hydrogen-bond donors (Lipinski definition) is 2. The summed E-state index contributed by atoms with van der Waals surface area (Å²) in [6, 6.07) is 14.5. The van der Waals surface area contributed by atoms with Crippen molar-refractivity contribution < 1.29 is 13.9 Å². The quantitative estimate of drug-likeness (QED) is 0.671. The number of nitrogens with two attached hydrogens (primary N) is 1. The number of carbonyl (C=O) groups excluding carboxylic acids is 1. The van der Waals surface area contributed by atoms with E-state index in [4.69, 9.17) is 14.9 Å². The molecule has 0 saturated carbocycles. The van der Waals surface area contributed by atoms with E-state index in [0.717, 1.165) is 33.6 Å². The van der Waals surface area contributed by atoms with Gasteiger partial charge < -0.3 is 20.2 Å². The summed E-state index contributed by atoms with van der Waals surface area (Å²) in [6.45, 7) is 3.88. The van der Waals surface area contributed by atoms with Crippen molar-refractivity contribution in [3.8, 4) is 5.75 Å². The lowest BCUT2D eigenvalue weighted by Crippen LogP contribution is -2.43. The van der Waals surface area contributed by atoms with Gasteiger partial charge in [-0.3, -0.25) is 4.79 Å². The van der Waals surface area contributed by atoms with Crippen molar-refractivity contribution in [1.29, 1.82) is 0 Å². The lowest BCUT2D eigenvalue weighted by atomic mass is 10.0. The third-order valence-electron chi connectivity index (χ3n) is 4.57. The molecule has 0 aliphatic heterocycles. The molecule has 1 aromatic heterocycles. The summed E-state index contributed by atoms with van der Waals surface area (Å²) >= 11 is 0. The smallest absolute Gasteiger partial charge is 0.237 e. The second-order valence-electron chi connectivity index (χ2n) is 6.48. The number of aryl methyl sites for hydroxylation is 1. The number of carbonyl (C=O) groups is 1. The highest BCUT2D eigenvalue weighted by atomic mass is 35.5. The van der Waals surface area contributed by atoms with E-state index >= 15 is 0 Å². The number of hydrogen-bond acceptors (Lipinski definition) is 4. The van der Waals surface area contributed by atoms with Gasteiger partial charge in [-0.15, -0.1) is 12.4 Å². The molecule has 27 heavy (non-hydrogen) atoms. The molecule has 0 bridgehead atoms. The van der Waals surface area contributed by atoms with Gasteiger partial charge in [0, 0.05) is 10.9 Å². The summed E-state index contributed by atoms with van der Waals surface area (Å²) in [4.78, 5) is 12.5. The fourth-order valence-corrected chi connectivity index (χ4v) is 3.11. The minimum Gasteiger partial charge on any atom is -0.497 e. The molecular weight excluding hydrogens is 364 g/mol. The fraction of sp³-hybridized carbons (Fsp3) is 0.286. The van der Waals surface area contributed by atoms with Crippen LogP contribution in [0.3, 0.4) is 0 Å². The molecule has 5 nitrogen and oxygen atoms in total. The molecule has 0 aliphatic carbocycles. The van der Waals surface area contributed by atoms with Crippen LogP contribution in [0, 0.1) is 6.92 Å². The molecule has 1 amide bonds. The van der Waals surface area contributed by atoms with Crippen LogP contribution in [0.4, 0.5) is 0 Å². The van der Waals surface area contributed by atoms with Crippen molar-refractivity contribution in [1.82, 2.24) is 5.32 Å². The van der Waals surface area contributed by atoms with E-state index in [1.807, 2.05) is 62.4 Å². The van der Waals surface area contributed by atoms with E-state index < -0.39 is 6.04 Å². The molecule has 1 heterocycles. The highest BCUT2D eigenvalue weighted by Crippen LogP contribution is 2.31. The van der Waals surface area contributed by atoms with Gasteiger partial charge in [0.25, 0.3) is 0 Å². The highest BCUT2D eigenvalue weighted by molar-refractivity contribution is 5.85. The SMILES string of the molecule is COc1ccc2oc(C(C)NC(=O)[C@@H](N)Cc3ccccc3)c(C)c2c1.Cl. The molecule has 2 atom stereocenters. The summed E-state index contributed by atoms with van der Waals surface area (Å²) in [5.41, 5.74) is 8.86. The van der Waals surface area contributed by atoms with E-state index in [1.54, 1.807) is 7.11 Å². The van der Waals surface area contributed by atoms with Crippen LogP contribution < -0.4 is 15.8 Å². The van der Waals surface area contributed by atoms with Crippen molar-refractivity contribution in [2.24, 2.45) is 5.73 Å². The van der Waals surface area contributed by atoms with Crippen molar-refractivity contribution in [3.63, 3.8) is 0 Å². The predicted octanol–water partition coefficient (Wildman–Crippen LogP) is 3.92. The number of furan rings is 1. The summed E-state index contributed by atoms with van der Waals surface area (Å²) in [5, 5.41) is 3.94. The van der Waals surface area contributed by atoms with E-state index in [1.165, 1.54) is 0 Å². The van der Waals surface area contributed by atoms with Crippen LogP contribution in [0.2, 0.25) is 0 Å². The monoisotopic (exact) mass is 388 g/mol. The number of ether oxygens (including phenoxy) is 1. The molecule has 0 radical (unpaired) electrons. The second-order valence-corrected chi connectivity index (χ2v) is 6.48. The maximum atomic E-state index is 12.5. The van der Waals surface area contributed by atoms with Crippen molar-refractivity contribution in [3.05, 3.63) is 65.4 Å². The largest absolute Gasteiger partial charge is 0.497 e. The third kappa shape index (κ3) is 4.62. The molecule has 0 fully saturated rings. The molecular formula is C21H25ClN2O3. The Morgan fingerprint density at radius 2 is 1.93 bits per heavy atom. The normalized spacial score (nSPS) is 12.9. The molecule has 1 unspecified atom stereocenters. The van der Waals surface area contributed by atoms with Crippen LogP contribution in [-0.4, -0.2) is 19.1 Å². The van der Waals surface area contributed by atoms with Gasteiger partial charge in [-0.2, -0.15) is 0 Å². The first-order chi connectivity index (χ1) is 12.5. The van der Waals surface area contributed by atoms with Crippen molar-refractivity contribution in [2.45, 2.75) is 32.4 Å². The van der Waals surface area contributed by atoms with E-state index in [9.17, 15) is 4.79 Å². The van der Waals surface area contributed by atoms with Crippen LogP contribution in [0.5, 0.6) is 5.75 Å². The van der Waals surface area contributed by atoms with E-state index in [2.05, 4.69) is 5.32 Å². The Balaban J connectivity index is 0.00000261. The topological polar surface area (TPSA) is 77.5 Å². The molecule has 0 spiro atoms. The molecule has 0 saturated heterocycles. The maximum Gasteiger partial charge on any atom is 0.237 e.